The molecule has 70 valence electrons. The number of hydrogen-bond donors (Lipinski definition) is 1. The van der Waals surface area contributed by atoms with E-state index >= 15 is 0 Å². The molecule has 0 radical (unpaired) electrons. The fourth-order valence-corrected chi connectivity index (χ4v) is 1.10. The van der Waals surface area contributed by atoms with Crippen molar-refractivity contribution >= 4 is 23.0 Å². The van der Waals surface area contributed by atoms with Gasteiger partial charge in [0, 0.05) is 0 Å². The zero-order valence-electron chi connectivity index (χ0n) is 6.28. The second-order valence-electron chi connectivity index (χ2n) is 1.95. The number of anilines is 1. The van der Waals surface area contributed by atoms with E-state index in [1.807, 2.05) is 0 Å². The summed E-state index contributed by atoms with van der Waals surface area (Å²) in [5.41, 5.74) is 4.81. The van der Waals surface area contributed by atoms with Crippen molar-refractivity contribution in [3.63, 3.8) is 0 Å². The lowest BCUT2D eigenvalue weighted by Crippen LogP contribution is -2.37. The molecule has 2 N–H and O–H groups in total. The minimum Gasteiger partial charge on any atom is -0.755 e. The molecule has 0 spiro atoms. The third kappa shape index (κ3) is 2.20. The molecule has 0 aromatic carbocycles. The maximum atomic E-state index is 10.6. The fourth-order valence-electron chi connectivity index (χ4n) is 0.683. The van der Waals surface area contributed by atoms with Crippen molar-refractivity contribution in [2.75, 3.05) is 4.31 Å². The Hall–Kier alpha value is -1.54. The highest BCUT2D eigenvalue weighted by Gasteiger charge is 2.12. The van der Waals surface area contributed by atoms with Gasteiger partial charge in [-0.3, -0.25) is 4.21 Å². The van der Waals surface area contributed by atoms with Crippen LogP contribution in [0.4, 0.5) is 10.5 Å². The summed E-state index contributed by atoms with van der Waals surface area (Å²) < 4.78 is 21.4. The van der Waals surface area contributed by atoms with Crippen molar-refractivity contribution in [2.24, 2.45) is 5.73 Å². The van der Waals surface area contributed by atoms with Gasteiger partial charge in [-0.15, -0.1) is 0 Å². The van der Waals surface area contributed by atoms with E-state index in [2.05, 4.69) is 9.97 Å². The average Bonchev–Trinajstić information content (AvgIpc) is 2.04. The lowest BCUT2D eigenvalue weighted by molar-refractivity contribution is 0.256. The first kappa shape index (κ1) is 9.55. The van der Waals surface area contributed by atoms with Crippen LogP contribution >= 0.6 is 0 Å². The van der Waals surface area contributed by atoms with E-state index in [1.54, 1.807) is 0 Å². The molecule has 0 bridgehead atoms. The molecule has 0 saturated carbocycles. The summed E-state index contributed by atoms with van der Waals surface area (Å²) in [7, 11) is 0. The van der Waals surface area contributed by atoms with Gasteiger partial charge in [-0.1, -0.05) is 0 Å². The molecule has 1 heterocycles. The van der Waals surface area contributed by atoms with Gasteiger partial charge >= 0.3 is 6.03 Å². The maximum Gasteiger partial charge on any atom is 0.330 e. The Morgan fingerprint density at radius 3 is 2.46 bits per heavy atom. The quantitative estimate of drug-likeness (QED) is 0.626. The summed E-state index contributed by atoms with van der Waals surface area (Å²) >= 11 is -2.76. The number of carbonyl (C=O) groups excluding carboxylic acids is 1. The van der Waals surface area contributed by atoms with Gasteiger partial charge in [-0.25, -0.2) is 19.1 Å². The van der Waals surface area contributed by atoms with Gasteiger partial charge in [0.25, 0.3) is 0 Å². The van der Waals surface area contributed by atoms with Crippen molar-refractivity contribution in [1.82, 2.24) is 9.97 Å². The van der Waals surface area contributed by atoms with Gasteiger partial charge in [-0.05, 0) is 0 Å². The van der Waals surface area contributed by atoms with Crippen LogP contribution in [0.1, 0.15) is 0 Å². The van der Waals surface area contributed by atoms with Crippen LogP contribution < -0.4 is 10.0 Å². The average molecular weight is 201 g/mol. The molecule has 0 aliphatic rings. The SMILES string of the molecule is NC(=O)N(c1cncnc1)S(=O)[O-]. The largest absolute Gasteiger partial charge is 0.755 e. The van der Waals surface area contributed by atoms with Crippen LogP contribution in [-0.4, -0.2) is 24.8 Å². The summed E-state index contributed by atoms with van der Waals surface area (Å²) in [6, 6.07) is -1.11. The lowest BCUT2D eigenvalue weighted by atomic mass is 10.5. The Balaban J connectivity index is 3.03. The van der Waals surface area contributed by atoms with Crippen LogP contribution in [0, 0.1) is 0 Å². The van der Waals surface area contributed by atoms with Crippen molar-refractivity contribution < 1.29 is 13.6 Å². The summed E-state index contributed by atoms with van der Waals surface area (Å²) in [6.45, 7) is 0. The van der Waals surface area contributed by atoms with Crippen molar-refractivity contribution in [1.29, 1.82) is 0 Å². The first-order chi connectivity index (χ1) is 6.13. The molecule has 1 rings (SSSR count). The molecule has 1 unspecified atom stereocenters. The van der Waals surface area contributed by atoms with Crippen LogP contribution in [0.3, 0.4) is 0 Å². The molecule has 0 aliphatic carbocycles. The minimum absolute atomic E-state index is 0.00309. The number of hydrogen-bond acceptors (Lipinski definition) is 5. The minimum atomic E-state index is -2.76. The zero-order chi connectivity index (χ0) is 9.84. The highest BCUT2D eigenvalue weighted by atomic mass is 32.2. The van der Waals surface area contributed by atoms with Gasteiger partial charge < -0.3 is 10.3 Å². The number of nitrogens with zero attached hydrogens (tertiary/aromatic N) is 3. The monoisotopic (exact) mass is 201 g/mol. The molecule has 1 atom stereocenters. The topological polar surface area (TPSA) is 112 Å². The first-order valence-corrected chi connectivity index (χ1v) is 4.10. The zero-order valence-corrected chi connectivity index (χ0v) is 7.10. The second-order valence-corrected chi connectivity index (χ2v) is 2.75. The van der Waals surface area contributed by atoms with E-state index in [0.717, 1.165) is 12.4 Å². The van der Waals surface area contributed by atoms with Crippen LogP contribution in [0.25, 0.3) is 0 Å². The van der Waals surface area contributed by atoms with Crippen LogP contribution in [0.15, 0.2) is 18.7 Å². The number of rotatable bonds is 2. The predicted octanol–water partition coefficient (Wildman–Crippen LogP) is -0.844. The van der Waals surface area contributed by atoms with Crippen molar-refractivity contribution in [2.45, 2.75) is 0 Å². The third-order valence-corrected chi connectivity index (χ3v) is 1.82. The number of carbonyl (C=O) groups is 1. The predicted molar refractivity (Wildman–Crippen MR) is 43.0 cm³/mol. The number of amides is 2. The smallest absolute Gasteiger partial charge is 0.330 e. The summed E-state index contributed by atoms with van der Waals surface area (Å²) in [4.78, 5) is 17.7. The van der Waals surface area contributed by atoms with Crippen LogP contribution in [0.5, 0.6) is 0 Å². The maximum absolute atomic E-state index is 10.6. The fraction of sp³-hybridized carbons (Fsp3) is 0. The normalized spacial score (nSPS) is 12.1. The molecule has 0 fully saturated rings. The molecule has 13 heavy (non-hydrogen) atoms. The summed E-state index contributed by atoms with van der Waals surface area (Å²) in [6.07, 6.45) is 3.53. The Morgan fingerprint density at radius 1 is 1.54 bits per heavy atom. The Morgan fingerprint density at radius 2 is 2.08 bits per heavy atom. The molecule has 1 aromatic rings. The molecule has 0 saturated heterocycles. The van der Waals surface area contributed by atoms with E-state index in [0.29, 0.717) is 4.31 Å². The molecular formula is C5H5N4O3S-. The lowest BCUT2D eigenvalue weighted by Gasteiger charge is -2.20. The van der Waals surface area contributed by atoms with Crippen LogP contribution in [0.2, 0.25) is 0 Å². The van der Waals surface area contributed by atoms with Crippen molar-refractivity contribution in [3.05, 3.63) is 18.7 Å². The highest BCUT2D eigenvalue weighted by Crippen LogP contribution is 2.10. The highest BCUT2D eigenvalue weighted by molar-refractivity contribution is 7.81. The summed E-state index contributed by atoms with van der Waals surface area (Å²) in [5, 5.41) is 0. The Bertz CT molecular complexity index is 316. The van der Waals surface area contributed by atoms with Gasteiger partial charge in [0.2, 0.25) is 0 Å². The molecule has 7 nitrogen and oxygen atoms in total. The number of nitrogens with two attached hydrogens (primary N) is 1. The van der Waals surface area contributed by atoms with E-state index in [1.165, 1.54) is 6.33 Å². The molecule has 2 amide bonds. The van der Waals surface area contributed by atoms with E-state index in [9.17, 15) is 13.6 Å². The molecule has 1 aromatic heterocycles. The number of aromatic nitrogens is 2. The van der Waals surface area contributed by atoms with E-state index in [4.69, 9.17) is 5.73 Å². The van der Waals surface area contributed by atoms with E-state index in [-0.39, 0.29) is 5.69 Å². The molecule has 0 aliphatic heterocycles. The standard InChI is InChI=1S/C5H6N4O3S/c6-5(10)9(13(11)12)4-1-7-3-8-2-4/h1-3H,(H2,6,10)(H,11,12)/p-1. The Kier molecular flexibility index (Phi) is 2.88. The third-order valence-electron chi connectivity index (χ3n) is 1.13. The summed E-state index contributed by atoms with van der Waals surface area (Å²) in [5.74, 6) is 0. The second kappa shape index (κ2) is 3.92. The van der Waals surface area contributed by atoms with Gasteiger partial charge in [-0.2, -0.15) is 0 Å². The Labute approximate surface area is 76.0 Å². The molecular weight excluding hydrogens is 196 g/mol. The van der Waals surface area contributed by atoms with E-state index < -0.39 is 17.3 Å². The first-order valence-electron chi connectivity index (χ1n) is 3.07. The number of urea groups is 1. The van der Waals surface area contributed by atoms with Crippen LogP contribution in [-0.2, 0) is 11.3 Å². The molecule has 8 heteroatoms. The number of primary amides is 1. The van der Waals surface area contributed by atoms with Gasteiger partial charge in [0.15, 0.2) is 0 Å². The van der Waals surface area contributed by atoms with Crippen molar-refractivity contribution in [3.8, 4) is 0 Å². The van der Waals surface area contributed by atoms with Gasteiger partial charge in [0.05, 0.1) is 29.3 Å². The van der Waals surface area contributed by atoms with Gasteiger partial charge in [0.1, 0.15) is 6.33 Å².